The summed E-state index contributed by atoms with van der Waals surface area (Å²) in [6.07, 6.45) is 2.74. The highest BCUT2D eigenvalue weighted by molar-refractivity contribution is 7.99. The van der Waals surface area contributed by atoms with Crippen molar-refractivity contribution in [2.45, 2.75) is 50.0 Å². The Balaban J connectivity index is 1.45. The van der Waals surface area contributed by atoms with Gasteiger partial charge in [-0.3, -0.25) is 14.2 Å². The quantitative estimate of drug-likeness (QED) is 0.412. The molecule has 0 saturated carbocycles. The van der Waals surface area contributed by atoms with Crippen LogP contribution in [0.4, 0.5) is 5.69 Å². The molecular formula is C24H24ClN3O3S. The highest BCUT2D eigenvalue weighted by Gasteiger charge is 2.31. The third-order valence-electron chi connectivity index (χ3n) is 6.09. The summed E-state index contributed by atoms with van der Waals surface area (Å²) in [6, 6.07) is 13.2. The Kier molecular flexibility index (Phi) is 5.97. The van der Waals surface area contributed by atoms with E-state index in [2.05, 4.69) is 13.0 Å². The minimum atomic E-state index is -0.128. The van der Waals surface area contributed by atoms with Crippen LogP contribution in [0.15, 0.2) is 52.4 Å². The maximum atomic E-state index is 13.3. The van der Waals surface area contributed by atoms with Gasteiger partial charge in [-0.2, -0.15) is 0 Å². The first-order valence-corrected chi connectivity index (χ1v) is 12.2. The topological polar surface area (TPSA) is 64.4 Å². The smallest absolute Gasteiger partial charge is 0.262 e. The normalized spacial score (nSPS) is 20.1. The van der Waals surface area contributed by atoms with Crippen molar-refractivity contribution in [3.8, 4) is 0 Å². The first-order chi connectivity index (χ1) is 15.5. The van der Waals surface area contributed by atoms with Crippen LogP contribution in [0.25, 0.3) is 10.9 Å². The monoisotopic (exact) mass is 469 g/mol. The Morgan fingerprint density at radius 1 is 1.28 bits per heavy atom. The van der Waals surface area contributed by atoms with Gasteiger partial charge in [0.05, 0.1) is 29.3 Å². The summed E-state index contributed by atoms with van der Waals surface area (Å²) in [7, 11) is 0. The second kappa shape index (κ2) is 8.89. The third-order valence-corrected chi connectivity index (χ3v) is 7.29. The number of anilines is 1. The van der Waals surface area contributed by atoms with Crippen molar-refractivity contribution >= 4 is 45.9 Å². The Bertz CT molecular complexity index is 1240. The standard InChI is InChI=1S/C24H24ClN3O3S/c1-15-11-16-5-2-3-7-21(16)28(15)22(29)14-32-24-26-20-12-17(25)8-9-19(20)23(30)27(24)13-18-6-4-10-31-18/h2-3,5,7-9,12,15,18H,4,6,10-11,13-14H2,1H3/t15-,18-/m1/s1. The number of nitrogens with zero attached hydrogens (tertiary/aromatic N) is 3. The summed E-state index contributed by atoms with van der Waals surface area (Å²) < 4.78 is 7.42. The number of hydrogen-bond acceptors (Lipinski definition) is 5. The van der Waals surface area contributed by atoms with E-state index in [0.717, 1.165) is 24.9 Å². The van der Waals surface area contributed by atoms with Gasteiger partial charge < -0.3 is 9.64 Å². The van der Waals surface area contributed by atoms with E-state index in [1.807, 2.05) is 23.1 Å². The number of benzene rings is 2. The van der Waals surface area contributed by atoms with E-state index in [-0.39, 0.29) is 29.4 Å². The zero-order valence-electron chi connectivity index (χ0n) is 17.8. The number of aromatic nitrogens is 2. The number of carbonyl (C=O) groups is 1. The average molecular weight is 470 g/mol. The number of rotatable bonds is 5. The van der Waals surface area contributed by atoms with Gasteiger partial charge in [0, 0.05) is 23.4 Å². The van der Waals surface area contributed by atoms with Crippen LogP contribution in [-0.4, -0.2) is 40.0 Å². The molecule has 2 aliphatic heterocycles. The molecule has 0 unspecified atom stereocenters. The van der Waals surface area contributed by atoms with Gasteiger partial charge in [-0.05, 0) is 56.0 Å². The number of fused-ring (bicyclic) bond motifs is 2. The molecule has 8 heteroatoms. The predicted molar refractivity (Wildman–Crippen MR) is 128 cm³/mol. The molecule has 0 spiro atoms. The van der Waals surface area contributed by atoms with E-state index in [1.165, 1.54) is 17.3 Å². The summed E-state index contributed by atoms with van der Waals surface area (Å²) in [5.74, 6) is 0.208. The van der Waals surface area contributed by atoms with Gasteiger partial charge in [0.25, 0.3) is 5.56 Å². The van der Waals surface area contributed by atoms with Crippen LogP contribution < -0.4 is 10.5 Å². The molecule has 1 amide bonds. The number of carbonyl (C=O) groups excluding carboxylic acids is 1. The van der Waals surface area contributed by atoms with Crippen LogP contribution in [0.2, 0.25) is 5.02 Å². The van der Waals surface area contributed by atoms with Crippen LogP contribution in [0.3, 0.4) is 0 Å². The van der Waals surface area contributed by atoms with E-state index in [4.69, 9.17) is 21.3 Å². The summed E-state index contributed by atoms with van der Waals surface area (Å²) in [6.45, 7) is 3.21. The average Bonchev–Trinajstić information content (AvgIpc) is 3.40. The lowest BCUT2D eigenvalue weighted by atomic mass is 10.1. The van der Waals surface area contributed by atoms with Crippen molar-refractivity contribution in [1.29, 1.82) is 0 Å². The lowest BCUT2D eigenvalue weighted by Crippen LogP contribution is -2.37. The fourth-order valence-corrected chi connectivity index (χ4v) is 5.61. The zero-order valence-corrected chi connectivity index (χ0v) is 19.4. The number of thioether (sulfide) groups is 1. The maximum Gasteiger partial charge on any atom is 0.262 e. The van der Waals surface area contributed by atoms with Gasteiger partial charge in [0.15, 0.2) is 5.16 Å². The molecular weight excluding hydrogens is 446 g/mol. The lowest BCUT2D eigenvalue weighted by Gasteiger charge is -2.23. The number of halogens is 1. The van der Waals surface area contributed by atoms with Crippen LogP contribution in [-0.2, 0) is 22.5 Å². The lowest BCUT2D eigenvalue weighted by molar-refractivity contribution is -0.116. The third kappa shape index (κ3) is 4.05. The van der Waals surface area contributed by atoms with Crippen LogP contribution in [0.1, 0.15) is 25.3 Å². The van der Waals surface area contributed by atoms with Crippen molar-refractivity contribution in [2.24, 2.45) is 0 Å². The highest BCUT2D eigenvalue weighted by Crippen LogP contribution is 2.33. The molecule has 0 aliphatic carbocycles. The summed E-state index contributed by atoms with van der Waals surface area (Å²) in [4.78, 5) is 33.1. The Morgan fingerprint density at radius 2 is 2.12 bits per heavy atom. The number of hydrogen-bond donors (Lipinski definition) is 0. The summed E-state index contributed by atoms with van der Waals surface area (Å²) >= 11 is 7.44. The number of amides is 1. The van der Waals surface area contributed by atoms with Crippen molar-refractivity contribution in [3.63, 3.8) is 0 Å². The molecule has 166 valence electrons. The van der Waals surface area contributed by atoms with Crippen LogP contribution in [0, 0.1) is 0 Å². The second-order valence-corrected chi connectivity index (χ2v) is 9.72. The van der Waals surface area contributed by atoms with Crippen molar-refractivity contribution in [3.05, 3.63) is 63.4 Å². The summed E-state index contributed by atoms with van der Waals surface area (Å²) in [5.41, 5.74) is 2.57. The maximum absolute atomic E-state index is 13.3. The molecule has 2 aliphatic rings. The molecule has 0 radical (unpaired) electrons. The SMILES string of the molecule is C[C@@H]1Cc2ccccc2N1C(=O)CSc1nc2cc(Cl)ccc2c(=O)n1C[C@H]1CCCO1. The van der Waals surface area contributed by atoms with Crippen LogP contribution >= 0.6 is 23.4 Å². The largest absolute Gasteiger partial charge is 0.376 e. The zero-order chi connectivity index (χ0) is 22.2. The fourth-order valence-electron chi connectivity index (χ4n) is 4.58. The van der Waals surface area contributed by atoms with E-state index in [0.29, 0.717) is 34.2 Å². The Hall–Kier alpha value is -2.35. The first-order valence-electron chi connectivity index (χ1n) is 10.9. The molecule has 2 aromatic carbocycles. The van der Waals surface area contributed by atoms with Crippen molar-refractivity contribution in [2.75, 3.05) is 17.3 Å². The predicted octanol–water partition coefficient (Wildman–Crippen LogP) is 4.30. The van der Waals surface area contributed by atoms with Gasteiger partial charge in [-0.1, -0.05) is 41.6 Å². The molecule has 1 fully saturated rings. The molecule has 3 aromatic rings. The van der Waals surface area contributed by atoms with Gasteiger partial charge in [0.1, 0.15) is 0 Å². The van der Waals surface area contributed by atoms with E-state index < -0.39 is 0 Å². The minimum absolute atomic E-state index is 0.0107. The molecule has 1 aromatic heterocycles. The molecule has 6 nitrogen and oxygen atoms in total. The van der Waals surface area contributed by atoms with E-state index >= 15 is 0 Å². The molecule has 3 heterocycles. The van der Waals surface area contributed by atoms with Gasteiger partial charge in [0.2, 0.25) is 5.91 Å². The molecule has 1 saturated heterocycles. The first kappa shape index (κ1) is 21.5. The van der Waals surface area contributed by atoms with E-state index in [9.17, 15) is 9.59 Å². The Morgan fingerprint density at radius 3 is 2.94 bits per heavy atom. The molecule has 32 heavy (non-hydrogen) atoms. The van der Waals surface area contributed by atoms with Crippen LogP contribution in [0.5, 0.6) is 0 Å². The second-order valence-electron chi connectivity index (χ2n) is 8.34. The van der Waals surface area contributed by atoms with Crippen molar-refractivity contribution < 1.29 is 9.53 Å². The minimum Gasteiger partial charge on any atom is -0.376 e. The van der Waals surface area contributed by atoms with E-state index in [1.54, 1.807) is 22.8 Å². The van der Waals surface area contributed by atoms with Crippen molar-refractivity contribution in [1.82, 2.24) is 9.55 Å². The van der Waals surface area contributed by atoms with Gasteiger partial charge in [-0.15, -0.1) is 0 Å². The number of ether oxygens (including phenoxy) is 1. The Labute approximate surface area is 195 Å². The molecule has 0 bridgehead atoms. The highest BCUT2D eigenvalue weighted by atomic mass is 35.5. The van der Waals surface area contributed by atoms with Gasteiger partial charge >= 0.3 is 0 Å². The fraction of sp³-hybridized carbons (Fsp3) is 0.375. The molecule has 0 N–H and O–H groups in total. The molecule has 5 rings (SSSR count). The molecule has 2 atom stereocenters. The number of para-hydroxylation sites is 1. The van der Waals surface area contributed by atoms with Gasteiger partial charge in [-0.25, -0.2) is 4.98 Å². The summed E-state index contributed by atoms with van der Waals surface area (Å²) in [5, 5.41) is 1.56.